The van der Waals surface area contributed by atoms with E-state index in [4.69, 9.17) is 4.74 Å². The number of para-hydroxylation sites is 3. The van der Waals surface area contributed by atoms with Crippen LogP contribution in [0.3, 0.4) is 0 Å². The molecule has 0 bridgehead atoms. The Balaban J connectivity index is 1.61. The summed E-state index contributed by atoms with van der Waals surface area (Å²) in [5.74, 6) is 0.864. The van der Waals surface area contributed by atoms with Crippen molar-refractivity contribution in [1.82, 2.24) is 4.90 Å². The van der Waals surface area contributed by atoms with Crippen LogP contribution in [-0.2, 0) is 0 Å². The molecule has 24 heavy (non-hydrogen) atoms. The monoisotopic (exact) mass is 389 g/mol. The molecule has 0 atom stereocenters. The number of anilines is 2. The predicted molar refractivity (Wildman–Crippen MR) is 99.9 cm³/mol. The van der Waals surface area contributed by atoms with Crippen LogP contribution in [0.25, 0.3) is 0 Å². The molecule has 1 heterocycles. The summed E-state index contributed by atoms with van der Waals surface area (Å²) in [5.41, 5.74) is 1.86. The molecule has 126 valence electrons. The molecule has 0 aromatic heterocycles. The molecule has 1 aliphatic rings. The molecule has 2 aromatic rings. The molecule has 0 radical (unpaired) electrons. The molecule has 1 aliphatic heterocycles. The first kappa shape index (κ1) is 16.6. The van der Waals surface area contributed by atoms with Gasteiger partial charge in [0.15, 0.2) is 0 Å². The summed E-state index contributed by atoms with van der Waals surface area (Å²) >= 11 is 3.45. The number of halogens is 1. The number of rotatable bonds is 3. The summed E-state index contributed by atoms with van der Waals surface area (Å²) in [6.07, 6.45) is 0. The van der Waals surface area contributed by atoms with Gasteiger partial charge in [0.2, 0.25) is 0 Å². The second kappa shape index (κ2) is 7.57. The van der Waals surface area contributed by atoms with Crippen LogP contribution in [-0.4, -0.2) is 44.2 Å². The van der Waals surface area contributed by atoms with Gasteiger partial charge >= 0.3 is 6.03 Å². The number of hydrogen-bond donors (Lipinski definition) is 1. The fourth-order valence-electron chi connectivity index (χ4n) is 2.80. The molecular weight excluding hydrogens is 370 g/mol. The number of carbonyl (C=O) groups is 1. The number of carbonyl (C=O) groups excluding carboxylic acids is 1. The molecule has 3 rings (SSSR count). The van der Waals surface area contributed by atoms with E-state index >= 15 is 0 Å². The topological polar surface area (TPSA) is 44.8 Å². The van der Waals surface area contributed by atoms with Crippen LogP contribution in [0.1, 0.15) is 0 Å². The molecular formula is C18H20BrN3O2. The van der Waals surface area contributed by atoms with Gasteiger partial charge in [0.05, 0.1) is 18.5 Å². The molecule has 2 aromatic carbocycles. The second-order valence-corrected chi connectivity index (χ2v) is 6.41. The number of methoxy groups -OCH3 is 1. The molecule has 1 N–H and O–H groups in total. The van der Waals surface area contributed by atoms with E-state index in [2.05, 4.69) is 32.2 Å². The highest BCUT2D eigenvalue weighted by Gasteiger charge is 2.23. The van der Waals surface area contributed by atoms with Crippen molar-refractivity contribution in [3.8, 4) is 5.75 Å². The van der Waals surface area contributed by atoms with Gasteiger partial charge in [0.1, 0.15) is 5.75 Å². The van der Waals surface area contributed by atoms with Crippen LogP contribution in [0, 0.1) is 0 Å². The molecule has 1 fully saturated rings. The van der Waals surface area contributed by atoms with Crippen LogP contribution >= 0.6 is 15.9 Å². The fourth-order valence-corrected chi connectivity index (χ4v) is 3.18. The second-order valence-electron chi connectivity index (χ2n) is 5.56. The zero-order valence-corrected chi connectivity index (χ0v) is 15.1. The van der Waals surface area contributed by atoms with Crippen LogP contribution in [0.2, 0.25) is 0 Å². The summed E-state index contributed by atoms with van der Waals surface area (Å²) in [6, 6.07) is 15.5. The smallest absolute Gasteiger partial charge is 0.321 e. The lowest BCUT2D eigenvalue weighted by Crippen LogP contribution is -2.50. The zero-order valence-electron chi connectivity index (χ0n) is 13.5. The third-order valence-corrected chi connectivity index (χ3v) is 4.80. The lowest BCUT2D eigenvalue weighted by Gasteiger charge is -2.36. The zero-order chi connectivity index (χ0) is 16.9. The Labute approximate surface area is 150 Å². The van der Waals surface area contributed by atoms with Crippen LogP contribution in [0.4, 0.5) is 16.2 Å². The highest BCUT2D eigenvalue weighted by molar-refractivity contribution is 9.10. The lowest BCUT2D eigenvalue weighted by molar-refractivity contribution is 0.208. The van der Waals surface area contributed by atoms with E-state index in [9.17, 15) is 4.79 Å². The minimum atomic E-state index is -0.0680. The maximum Gasteiger partial charge on any atom is 0.321 e. The molecule has 0 aliphatic carbocycles. The van der Waals surface area contributed by atoms with Crippen LogP contribution in [0.15, 0.2) is 53.0 Å². The normalized spacial score (nSPS) is 14.4. The Kier molecular flexibility index (Phi) is 5.25. The van der Waals surface area contributed by atoms with Gasteiger partial charge in [-0.3, -0.25) is 0 Å². The van der Waals surface area contributed by atoms with Crippen molar-refractivity contribution < 1.29 is 9.53 Å². The van der Waals surface area contributed by atoms with Gasteiger partial charge < -0.3 is 19.9 Å². The van der Waals surface area contributed by atoms with Gasteiger partial charge in [-0.2, -0.15) is 0 Å². The summed E-state index contributed by atoms with van der Waals surface area (Å²) in [5, 5.41) is 2.95. The van der Waals surface area contributed by atoms with Crippen molar-refractivity contribution >= 4 is 33.3 Å². The van der Waals surface area contributed by atoms with Crippen molar-refractivity contribution in [3.05, 3.63) is 53.0 Å². The Morgan fingerprint density at radius 1 is 1.04 bits per heavy atom. The van der Waals surface area contributed by atoms with E-state index in [1.807, 2.05) is 47.4 Å². The Morgan fingerprint density at radius 3 is 2.42 bits per heavy atom. The number of amides is 2. The van der Waals surface area contributed by atoms with E-state index in [-0.39, 0.29) is 6.03 Å². The van der Waals surface area contributed by atoms with E-state index in [0.29, 0.717) is 13.1 Å². The minimum absolute atomic E-state index is 0.0680. The van der Waals surface area contributed by atoms with Crippen molar-refractivity contribution in [3.63, 3.8) is 0 Å². The first-order chi connectivity index (χ1) is 11.7. The van der Waals surface area contributed by atoms with Gasteiger partial charge in [0.25, 0.3) is 0 Å². The third-order valence-electron chi connectivity index (χ3n) is 4.11. The SMILES string of the molecule is COc1ccccc1N1CCN(C(=O)Nc2ccccc2Br)CC1. The first-order valence-electron chi connectivity index (χ1n) is 7.87. The maximum absolute atomic E-state index is 12.4. The quantitative estimate of drug-likeness (QED) is 0.867. The van der Waals surface area contributed by atoms with Crippen molar-refractivity contribution in [2.75, 3.05) is 43.5 Å². The Hall–Kier alpha value is -2.21. The van der Waals surface area contributed by atoms with E-state index in [0.717, 1.165) is 34.7 Å². The molecule has 6 heteroatoms. The lowest BCUT2D eigenvalue weighted by atomic mass is 10.2. The highest BCUT2D eigenvalue weighted by atomic mass is 79.9. The summed E-state index contributed by atoms with van der Waals surface area (Å²) in [6.45, 7) is 2.91. The molecule has 0 saturated carbocycles. The van der Waals surface area contributed by atoms with Gasteiger partial charge in [-0.05, 0) is 40.2 Å². The molecule has 0 unspecified atom stereocenters. The van der Waals surface area contributed by atoms with E-state index in [1.165, 1.54) is 0 Å². The van der Waals surface area contributed by atoms with Crippen molar-refractivity contribution in [1.29, 1.82) is 0 Å². The minimum Gasteiger partial charge on any atom is -0.495 e. The Morgan fingerprint density at radius 2 is 1.71 bits per heavy atom. The first-order valence-corrected chi connectivity index (χ1v) is 8.67. The summed E-state index contributed by atoms with van der Waals surface area (Å²) < 4.78 is 6.31. The molecule has 5 nitrogen and oxygen atoms in total. The molecule has 0 spiro atoms. The van der Waals surface area contributed by atoms with Gasteiger partial charge in [0, 0.05) is 30.7 Å². The third kappa shape index (κ3) is 3.64. The standard InChI is InChI=1S/C18H20BrN3O2/c1-24-17-9-5-4-8-16(17)21-10-12-22(13-11-21)18(23)20-15-7-3-2-6-14(15)19/h2-9H,10-13H2,1H3,(H,20,23). The highest BCUT2D eigenvalue weighted by Crippen LogP contribution is 2.28. The average molecular weight is 390 g/mol. The number of nitrogens with one attached hydrogen (secondary N) is 1. The summed E-state index contributed by atoms with van der Waals surface area (Å²) in [7, 11) is 1.68. The number of benzene rings is 2. The predicted octanol–water partition coefficient (Wildman–Crippen LogP) is 3.81. The number of urea groups is 1. The molecule has 2 amide bonds. The van der Waals surface area contributed by atoms with Crippen LogP contribution < -0.4 is 15.0 Å². The van der Waals surface area contributed by atoms with Gasteiger partial charge in [-0.15, -0.1) is 0 Å². The van der Waals surface area contributed by atoms with Crippen molar-refractivity contribution in [2.45, 2.75) is 0 Å². The van der Waals surface area contributed by atoms with E-state index < -0.39 is 0 Å². The molecule has 1 saturated heterocycles. The Bertz CT molecular complexity index is 715. The number of hydrogen-bond acceptors (Lipinski definition) is 3. The fraction of sp³-hybridized carbons (Fsp3) is 0.278. The van der Waals surface area contributed by atoms with Crippen molar-refractivity contribution in [2.24, 2.45) is 0 Å². The number of nitrogens with zero attached hydrogens (tertiary/aromatic N) is 2. The summed E-state index contributed by atoms with van der Waals surface area (Å²) in [4.78, 5) is 16.5. The van der Waals surface area contributed by atoms with E-state index in [1.54, 1.807) is 7.11 Å². The maximum atomic E-state index is 12.4. The largest absolute Gasteiger partial charge is 0.495 e. The number of ether oxygens (including phenoxy) is 1. The van der Waals surface area contributed by atoms with Gasteiger partial charge in [-0.1, -0.05) is 24.3 Å². The van der Waals surface area contributed by atoms with Gasteiger partial charge in [-0.25, -0.2) is 4.79 Å². The number of piperazine rings is 1. The average Bonchev–Trinajstić information content (AvgIpc) is 2.63. The van der Waals surface area contributed by atoms with Crippen LogP contribution in [0.5, 0.6) is 5.75 Å².